The van der Waals surface area contributed by atoms with E-state index in [9.17, 15) is 4.79 Å². The molecule has 0 saturated carbocycles. The Bertz CT molecular complexity index is 190. The number of carbonyl (C=O) groups is 1. The first-order chi connectivity index (χ1) is 6.60. The van der Waals surface area contributed by atoms with E-state index >= 15 is 0 Å². The molecule has 82 valence electrons. The number of allylic oxidation sites excluding steroid dienone is 2. The van der Waals surface area contributed by atoms with Gasteiger partial charge < -0.3 is 10.8 Å². The lowest BCUT2D eigenvalue weighted by molar-refractivity contribution is -0.138. The van der Waals surface area contributed by atoms with Gasteiger partial charge >= 0.3 is 5.97 Å². The quantitative estimate of drug-likeness (QED) is 0.617. The van der Waals surface area contributed by atoms with E-state index in [1.165, 1.54) is 0 Å². The Morgan fingerprint density at radius 2 is 2.21 bits per heavy atom. The molecule has 0 amide bonds. The van der Waals surface area contributed by atoms with Crippen LogP contribution in [-0.4, -0.2) is 17.6 Å². The molecule has 0 aliphatic carbocycles. The lowest BCUT2D eigenvalue weighted by Crippen LogP contribution is -2.20. The van der Waals surface area contributed by atoms with Crippen molar-refractivity contribution >= 4 is 5.97 Å². The molecule has 0 aliphatic heterocycles. The molecule has 3 heteroatoms. The Balaban J connectivity index is 3.85. The highest BCUT2D eigenvalue weighted by Gasteiger charge is 2.14. The maximum Gasteiger partial charge on any atom is 0.303 e. The fraction of sp³-hybridized carbons (Fsp3) is 0.727. The summed E-state index contributed by atoms with van der Waals surface area (Å²) in [4.78, 5) is 10.5. The van der Waals surface area contributed by atoms with Gasteiger partial charge in [-0.1, -0.05) is 19.1 Å². The summed E-state index contributed by atoms with van der Waals surface area (Å²) >= 11 is 0. The van der Waals surface area contributed by atoms with E-state index < -0.39 is 5.97 Å². The summed E-state index contributed by atoms with van der Waals surface area (Å²) in [6.45, 7) is 4.58. The number of nitrogens with two attached hydrogens (primary N) is 1. The van der Waals surface area contributed by atoms with E-state index in [4.69, 9.17) is 10.8 Å². The van der Waals surface area contributed by atoms with Gasteiger partial charge in [0.25, 0.3) is 0 Å². The maximum absolute atomic E-state index is 10.5. The highest BCUT2D eigenvalue weighted by molar-refractivity contribution is 5.67. The van der Waals surface area contributed by atoms with Gasteiger partial charge in [-0.25, -0.2) is 0 Å². The van der Waals surface area contributed by atoms with Gasteiger partial charge in [-0.2, -0.15) is 0 Å². The van der Waals surface area contributed by atoms with E-state index in [1.807, 2.05) is 13.0 Å². The first-order valence-corrected chi connectivity index (χ1v) is 5.13. The molecule has 0 rings (SSSR count). The zero-order valence-corrected chi connectivity index (χ0v) is 9.07. The number of hydrogen-bond acceptors (Lipinski definition) is 2. The second-order valence-corrected chi connectivity index (χ2v) is 3.85. The van der Waals surface area contributed by atoms with Gasteiger partial charge in [0, 0.05) is 6.42 Å². The SMILES string of the molecule is C/C=C/CC(C)CC(CN)CC(=O)O. The summed E-state index contributed by atoms with van der Waals surface area (Å²) in [5.74, 6) is -0.120. The van der Waals surface area contributed by atoms with Crippen LogP contribution >= 0.6 is 0 Å². The first-order valence-electron chi connectivity index (χ1n) is 5.13. The molecule has 0 heterocycles. The number of rotatable bonds is 7. The number of hydrogen-bond donors (Lipinski definition) is 2. The minimum atomic E-state index is -0.751. The second kappa shape index (κ2) is 7.56. The third-order valence-corrected chi connectivity index (χ3v) is 2.31. The highest BCUT2D eigenvalue weighted by Crippen LogP contribution is 2.17. The molecule has 2 unspecified atom stereocenters. The monoisotopic (exact) mass is 199 g/mol. The molecule has 0 saturated heterocycles. The van der Waals surface area contributed by atoms with E-state index in [0.717, 1.165) is 12.8 Å². The Hall–Kier alpha value is -0.830. The van der Waals surface area contributed by atoms with Crippen molar-refractivity contribution < 1.29 is 9.90 Å². The van der Waals surface area contributed by atoms with Crippen LogP contribution in [0.15, 0.2) is 12.2 Å². The van der Waals surface area contributed by atoms with Crippen molar-refractivity contribution in [2.45, 2.75) is 33.1 Å². The topological polar surface area (TPSA) is 63.3 Å². The molecule has 0 aliphatic rings. The summed E-state index contributed by atoms with van der Waals surface area (Å²) in [5, 5.41) is 8.63. The van der Waals surface area contributed by atoms with E-state index in [0.29, 0.717) is 12.5 Å². The van der Waals surface area contributed by atoms with Gasteiger partial charge in [0.2, 0.25) is 0 Å². The molecule has 0 aromatic heterocycles. The average Bonchev–Trinajstić information content (AvgIpc) is 2.12. The number of carboxylic acid groups (broad SMARTS) is 1. The van der Waals surface area contributed by atoms with Crippen molar-refractivity contribution in [1.82, 2.24) is 0 Å². The van der Waals surface area contributed by atoms with Crippen molar-refractivity contribution in [1.29, 1.82) is 0 Å². The number of aliphatic carboxylic acids is 1. The average molecular weight is 199 g/mol. The van der Waals surface area contributed by atoms with Crippen LogP contribution in [0.4, 0.5) is 0 Å². The Kier molecular flexibility index (Phi) is 7.11. The first kappa shape index (κ1) is 13.2. The van der Waals surface area contributed by atoms with Crippen LogP contribution in [-0.2, 0) is 4.79 Å². The predicted molar refractivity (Wildman–Crippen MR) is 58.0 cm³/mol. The zero-order chi connectivity index (χ0) is 11.0. The molecule has 0 bridgehead atoms. The summed E-state index contributed by atoms with van der Waals surface area (Å²) < 4.78 is 0. The largest absolute Gasteiger partial charge is 0.481 e. The second-order valence-electron chi connectivity index (χ2n) is 3.85. The lowest BCUT2D eigenvalue weighted by atomic mass is 9.91. The van der Waals surface area contributed by atoms with E-state index in [2.05, 4.69) is 13.0 Å². The summed E-state index contributed by atoms with van der Waals surface area (Å²) in [6, 6.07) is 0. The van der Waals surface area contributed by atoms with Crippen molar-refractivity contribution in [3.05, 3.63) is 12.2 Å². The van der Waals surface area contributed by atoms with Crippen LogP contribution in [0, 0.1) is 11.8 Å². The van der Waals surface area contributed by atoms with Crippen LogP contribution in [0.25, 0.3) is 0 Å². The Labute approximate surface area is 86.0 Å². The number of carboxylic acids is 1. The van der Waals surface area contributed by atoms with Crippen LogP contribution in [0.5, 0.6) is 0 Å². The van der Waals surface area contributed by atoms with Crippen molar-refractivity contribution in [3.8, 4) is 0 Å². The maximum atomic E-state index is 10.5. The Morgan fingerprint density at radius 3 is 2.64 bits per heavy atom. The van der Waals surface area contributed by atoms with E-state index in [1.54, 1.807) is 0 Å². The minimum absolute atomic E-state index is 0.118. The molecule has 14 heavy (non-hydrogen) atoms. The molecule has 0 spiro atoms. The van der Waals surface area contributed by atoms with Crippen molar-refractivity contribution in [2.75, 3.05) is 6.54 Å². The molecular weight excluding hydrogens is 178 g/mol. The highest BCUT2D eigenvalue weighted by atomic mass is 16.4. The smallest absolute Gasteiger partial charge is 0.303 e. The van der Waals surface area contributed by atoms with Crippen LogP contribution in [0.1, 0.15) is 33.1 Å². The van der Waals surface area contributed by atoms with Gasteiger partial charge in [0.15, 0.2) is 0 Å². The zero-order valence-electron chi connectivity index (χ0n) is 9.07. The Morgan fingerprint density at radius 1 is 1.57 bits per heavy atom. The standard InChI is InChI=1S/C11H21NO2/c1-3-4-5-9(2)6-10(8-12)7-11(13)14/h3-4,9-10H,5-8,12H2,1-2H3,(H,13,14)/b4-3+. The van der Waals surface area contributed by atoms with Crippen molar-refractivity contribution in [3.63, 3.8) is 0 Å². The fourth-order valence-electron chi connectivity index (χ4n) is 1.54. The molecule has 2 atom stereocenters. The molecule has 0 aromatic carbocycles. The van der Waals surface area contributed by atoms with Gasteiger partial charge in [-0.3, -0.25) is 4.79 Å². The van der Waals surface area contributed by atoms with Crippen molar-refractivity contribution in [2.24, 2.45) is 17.6 Å². The van der Waals surface area contributed by atoms with Gasteiger partial charge in [0.1, 0.15) is 0 Å². The third-order valence-electron chi connectivity index (χ3n) is 2.31. The molecule has 0 aromatic rings. The van der Waals surface area contributed by atoms with Gasteiger partial charge in [-0.05, 0) is 38.1 Å². The molecule has 3 N–H and O–H groups in total. The van der Waals surface area contributed by atoms with E-state index in [-0.39, 0.29) is 12.3 Å². The van der Waals surface area contributed by atoms with Gasteiger partial charge in [-0.15, -0.1) is 0 Å². The minimum Gasteiger partial charge on any atom is -0.481 e. The summed E-state index contributed by atoms with van der Waals surface area (Å²) in [7, 11) is 0. The molecular formula is C11H21NO2. The normalized spacial score (nSPS) is 15.6. The lowest BCUT2D eigenvalue weighted by Gasteiger charge is -2.16. The molecule has 3 nitrogen and oxygen atoms in total. The fourth-order valence-corrected chi connectivity index (χ4v) is 1.54. The molecule has 0 fully saturated rings. The third kappa shape index (κ3) is 6.66. The summed E-state index contributed by atoms with van der Waals surface area (Å²) in [6.07, 6.45) is 6.22. The van der Waals surface area contributed by atoms with Gasteiger partial charge in [0.05, 0.1) is 0 Å². The van der Waals surface area contributed by atoms with Crippen LogP contribution in [0.2, 0.25) is 0 Å². The van der Waals surface area contributed by atoms with Crippen LogP contribution < -0.4 is 5.73 Å². The predicted octanol–water partition coefficient (Wildman–Crippen LogP) is 2.03. The summed E-state index contributed by atoms with van der Waals surface area (Å²) in [5.41, 5.74) is 5.52. The van der Waals surface area contributed by atoms with Crippen LogP contribution in [0.3, 0.4) is 0 Å². The molecule has 0 radical (unpaired) electrons.